The molecule has 0 saturated heterocycles. The van der Waals surface area contributed by atoms with Gasteiger partial charge in [-0.05, 0) is 72.8 Å². The van der Waals surface area contributed by atoms with E-state index in [1.54, 1.807) is 0 Å². The molecule has 0 amide bonds. The van der Waals surface area contributed by atoms with Crippen LogP contribution in [-0.4, -0.2) is 34.1 Å². The summed E-state index contributed by atoms with van der Waals surface area (Å²) in [7, 11) is 0. The first kappa shape index (κ1) is 21.8. The van der Waals surface area contributed by atoms with Gasteiger partial charge in [0.05, 0.1) is 22.3 Å². The van der Waals surface area contributed by atoms with Gasteiger partial charge in [-0.25, -0.2) is 29.0 Å². The van der Waals surface area contributed by atoms with Gasteiger partial charge < -0.3 is 10.2 Å². The molecule has 10 nitrogen and oxygen atoms in total. The fraction of sp³-hybridized carbons (Fsp3) is 0. The third-order valence-corrected chi connectivity index (χ3v) is 3.99. The molecule has 0 heterocycles. The summed E-state index contributed by atoms with van der Waals surface area (Å²) in [6, 6.07) is 15.7. The molecule has 0 fully saturated rings. The number of aromatic carboxylic acids is 2. The first-order valence-corrected chi connectivity index (χ1v) is 8.88. The fourth-order valence-corrected chi connectivity index (χ4v) is 2.32. The SMILES string of the molecule is O=C(O)c1ccc(OOC(=O)c2ccc(C(=O)OOc3ccc(C(=O)O)cc3)cc2)cc1. The molecule has 3 aromatic rings. The van der Waals surface area contributed by atoms with E-state index in [-0.39, 0.29) is 33.8 Å². The summed E-state index contributed by atoms with van der Waals surface area (Å²) in [5.74, 6) is -3.65. The maximum absolute atomic E-state index is 12.0. The Morgan fingerprint density at radius 2 is 0.750 bits per heavy atom. The minimum absolute atomic E-state index is 0.0485. The number of carbonyl (C=O) groups excluding carboxylic acids is 2. The molecule has 3 aromatic carbocycles. The lowest BCUT2D eigenvalue weighted by Crippen LogP contribution is -2.11. The Bertz CT molecular complexity index is 1040. The normalized spacial score (nSPS) is 10.0. The van der Waals surface area contributed by atoms with Gasteiger partial charge in [-0.1, -0.05) is 0 Å². The average Bonchev–Trinajstić information content (AvgIpc) is 2.81. The number of rotatable bonds is 8. The average molecular weight is 438 g/mol. The van der Waals surface area contributed by atoms with Crippen LogP contribution < -0.4 is 9.78 Å². The quantitative estimate of drug-likeness (QED) is 0.396. The largest absolute Gasteiger partial charge is 0.478 e. The number of carboxylic acid groups (broad SMARTS) is 2. The van der Waals surface area contributed by atoms with Crippen molar-refractivity contribution in [2.75, 3.05) is 0 Å². The molecule has 0 saturated carbocycles. The summed E-state index contributed by atoms with van der Waals surface area (Å²) in [4.78, 5) is 64.7. The first-order chi connectivity index (χ1) is 15.3. The lowest BCUT2D eigenvalue weighted by Gasteiger charge is -2.06. The fourth-order valence-electron chi connectivity index (χ4n) is 2.32. The zero-order chi connectivity index (χ0) is 23.1. The topological polar surface area (TPSA) is 146 Å². The third-order valence-electron chi connectivity index (χ3n) is 3.99. The van der Waals surface area contributed by atoms with Crippen molar-refractivity contribution in [2.24, 2.45) is 0 Å². The molecule has 0 aromatic heterocycles. The second kappa shape index (κ2) is 9.76. The summed E-state index contributed by atoms with van der Waals surface area (Å²) >= 11 is 0. The van der Waals surface area contributed by atoms with Crippen molar-refractivity contribution in [1.82, 2.24) is 0 Å². The van der Waals surface area contributed by atoms with Gasteiger partial charge in [0.2, 0.25) is 0 Å². The molecule has 0 aliphatic carbocycles. The molecule has 0 spiro atoms. The zero-order valence-corrected chi connectivity index (χ0v) is 16.1. The van der Waals surface area contributed by atoms with E-state index in [0.29, 0.717) is 0 Å². The van der Waals surface area contributed by atoms with Crippen LogP contribution in [0.3, 0.4) is 0 Å². The molecule has 32 heavy (non-hydrogen) atoms. The van der Waals surface area contributed by atoms with Crippen molar-refractivity contribution in [3.05, 3.63) is 95.1 Å². The van der Waals surface area contributed by atoms with E-state index in [4.69, 9.17) is 20.0 Å². The summed E-state index contributed by atoms with van der Waals surface area (Å²) in [5.41, 5.74) is 0.252. The molecule has 0 atom stereocenters. The van der Waals surface area contributed by atoms with Crippen LogP contribution in [0.2, 0.25) is 0 Å². The minimum atomic E-state index is -1.10. The number of hydrogen-bond acceptors (Lipinski definition) is 8. The Kier molecular flexibility index (Phi) is 6.66. The maximum Gasteiger partial charge on any atom is 0.386 e. The molecular formula is C22H14O10. The monoisotopic (exact) mass is 438 g/mol. The van der Waals surface area contributed by atoms with Gasteiger partial charge >= 0.3 is 23.9 Å². The smallest absolute Gasteiger partial charge is 0.386 e. The summed E-state index contributed by atoms with van der Waals surface area (Å²) in [6.07, 6.45) is 0. The maximum atomic E-state index is 12.0. The van der Waals surface area contributed by atoms with Crippen LogP contribution in [-0.2, 0) is 9.78 Å². The van der Waals surface area contributed by atoms with Gasteiger partial charge in [-0.3, -0.25) is 9.78 Å². The van der Waals surface area contributed by atoms with Crippen LogP contribution >= 0.6 is 0 Å². The Labute approximate surface area is 180 Å². The van der Waals surface area contributed by atoms with Gasteiger partial charge in [0.15, 0.2) is 11.5 Å². The van der Waals surface area contributed by atoms with E-state index in [1.807, 2.05) is 0 Å². The highest BCUT2D eigenvalue weighted by molar-refractivity contribution is 5.93. The van der Waals surface area contributed by atoms with Crippen molar-refractivity contribution in [3.63, 3.8) is 0 Å². The van der Waals surface area contributed by atoms with E-state index in [9.17, 15) is 19.2 Å². The van der Waals surface area contributed by atoms with Gasteiger partial charge in [0.25, 0.3) is 0 Å². The van der Waals surface area contributed by atoms with Gasteiger partial charge in [0, 0.05) is 0 Å². The van der Waals surface area contributed by atoms with E-state index in [1.165, 1.54) is 72.8 Å². The van der Waals surface area contributed by atoms with Crippen molar-refractivity contribution in [1.29, 1.82) is 0 Å². The number of hydrogen-bond donors (Lipinski definition) is 2. The summed E-state index contributed by atoms with van der Waals surface area (Å²) < 4.78 is 0. The number of benzene rings is 3. The highest BCUT2D eigenvalue weighted by atomic mass is 17.2. The molecule has 10 heteroatoms. The number of carboxylic acids is 2. The predicted molar refractivity (Wildman–Crippen MR) is 105 cm³/mol. The first-order valence-electron chi connectivity index (χ1n) is 8.88. The van der Waals surface area contributed by atoms with Crippen molar-refractivity contribution < 1.29 is 48.9 Å². The molecule has 0 aliphatic heterocycles. The minimum Gasteiger partial charge on any atom is -0.478 e. The second-order valence-electron chi connectivity index (χ2n) is 6.14. The highest BCUT2D eigenvalue weighted by Crippen LogP contribution is 2.16. The van der Waals surface area contributed by atoms with Crippen LogP contribution in [0.4, 0.5) is 0 Å². The summed E-state index contributed by atoms with van der Waals surface area (Å²) in [6.45, 7) is 0. The predicted octanol–water partition coefficient (Wildman–Crippen LogP) is 3.38. The molecular weight excluding hydrogens is 424 g/mol. The molecule has 0 radical (unpaired) electrons. The molecule has 162 valence electrons. The molecule has 2 N–H and O–H groups in total. The third kappa shape index (κ3) is 5.60. The van der Waals surface area contributed by atoms with E-state index < -0.39 is 23.9 Å². The van der Waals surface area contributed by atoms with Crippen LogP contribution in [0.25, 0.3) is 0 Å². The van der Waals surface area contributed by atoms with Crippen LogP contribution in [0.5, 0.6) is 11.5 Å². The van der Waals surface area contributed by atoms with Crippen LogP contribution in [0.15, 0.2) is 72.8 Å². The van der Waals surface area contributed by atoms with Crippen molar-refractivity contribution in [2.45, 2.75) is 0 Å². The highest BCUT2D eigenvalue weighted by Gasteiger charge is 2.14. The van der Waals surface area contributed by atoms with Crippen LogP contribution in [0, 0.1) is 0 Å². The summed E-state index contributed by atoms with van der Waals surface area (Å²) in [5, 5.41) is 17.7. The Balaban J connectivity index is 1.51. The Morgan fingerprint density at radius 3 is 1.03 bits per heavy atom. The Hall–Kier alpha value is -4.86. The Morgan fingerprint density at radius 1 is 0.469 bits per heavy atom. The van der Waals surface area contributed by atoms with Crippen molar-refractivity contribution >= 4 is 23.9 Å². The van der Waals surface area contributed by atoms with Gasteiger partial charge in [-0.15, -0.1) is 0 Å². The second-order valence-corrected chi connectivity index (χ2v) is 6.14. The zero-order valence-electron chi connectivity index (χ0n) is 16.1. The molecule has 0 aliphatic rings. The molecule has 0 bridgehead atoms. The van der Waals surface area contributed by atoms with Gasteiger partial charge in [-0.2, -0.15) is 0 Å². The van der Waals surface area contributed by atoms with E-state index in [0.717, 1.165) is 0 Å². The van der Waals surface area contributed by atoms with Gasteiger partial charge in [0.1, 0.15) is 0 Å². The lowest BCUT2D eigenvalue weighted by molar-refractivity contribution is -0.150. The van der Waals surface area contributed by atoms with E-state index in [2.05, 4.69) is 9.78 Å². The molecule has 3 rings (SSSR count). The number of carbonyl (C=O) groups is 4. The lowest BCUT2D eigenvalue weighted by atomic mass is 10.1. The van der Waals surface area contributed by atoms with Crippen LogP contribution in [0.1, 0.15) is 41.4 Å². The standard InChI is InChI=1S/C22H14O10/c23-19(24)13-5-9-17(10-6-13)29-31-21(27)15-1-2-16(4-3-15)22(28)32-30-18-11-7-14(8-12-18)20(25)26/h1-12H,(H,23,24)(H,25,26). The molecule has 0 unspecified atom stereocenters. The van der Waals surface area contributed by atoms with Crippen molar-refractivity contribution in [3.8, 4) is 11.5 Å². The van der Waals surface area contributed by atoms with E-state index >= 15 is 0 Å².